The molecule has 0 aliphatic heterocycles. The molecule has 1 rings (SSSR count). The molecular formula is C12H23NO3. The third kappa shape index (κ3) is 3.46. The Hall–Kier alpha value is -0.610. The summed E-state index contributed by atoms with van der Waals surface area (Å²) in [4.78, 5) is 10.8. The fourth-order valence-electron chi connectivity index (χ4n) is 2.00. The number of carbonyl (C=O) groups is 1. The molecule has 4 heteroatoms. The van der Waals surface area contributed by atoms with Gasteiger partial charge in [0, 0.05) is 0 Å². The molecule has 0 bridgehead atoms. The summed E-state index contributed by atoms with van der Waals surface area (Å²) in [5.41, 5.74) is 4.34. The van der Waals surface area contributed by atoms with Crippen molar-refractivity contribution in [2.24, 2.45) is 17.6 Å². The van der Waals surface area contributed by atoms with E-state index in [1.165, 1.54) is 6.92 Å². The van der Waals surface area contributed by atoms with Gasteiger partial charge in [0.1, 0.15) is 5.54 Å². The number of ether oxygens (including phenoxy) is 1. The molecule has 0 aromatic rings. The quantitative estimate of drug-likeness (QED) is 0.768. The molecule has 1 saturated carbocycles. The molecule has 0 aromatic carbocycles. The first kappa shape index (κ1) is 13.5. The molecule has 0 saturated heterocycles. The van der Waals surface area contributed by atoms with Crippen molar-refractivity contribution in [3.8, 4) is 0 Å². The molecule has 0 aromatic heterocycles. The van der Waals surface area contributed by atoms with Crippen LogP contribution in [0.2, 0.25) is 0 Å². The monoisotopic (exact) mass is 229 g/mol. The Morgan fingerprint density at radius 2 is 2.06 bits per heavy atom. The molecule has 94 valence electrons. The molecule has 1 fully saturated rings. The van der Waals surface area contributed by atoms with Crippen LogP contribution in [0.5, 0.6) is 0 Å². The average molecular weight is 229 g/mol. The van der Waals surface area contributed by atoms with Crippen molar-refractivity contribution in [1.29, 1.82) is 0 Å². The van der Waals surface area contributed by atoms with E-state index in [9.17, 15) is 4.79 Å². The first-order valence-corrected chi connectivity index (χ1v) is 5.97. The Morgan fingerprint density at radius 3 is 2.56 bits per heavy atom. The molecule has 0 heterocycles. The summed E-state index contributed by atoms with van der Waals surface area (Å²) in [5.74, 6) is 0.376. The molecule has 1 aliphatic rings. The van der Waals surface area contributed by atoms with Gasteiger partial charge in [-0.2, -0.15) is 0 Å². The minimum absolute atomic E-state index is 0.0914. The molecule has 0 amide bonds. The first-order chi connectivity index (χ1) is 7.33. The lowest BCUT2D eigenvalue weighted by molar-refractivity contribution is -0.146. The van der Waals surface area contributed by atoms with Crippen molar-refractivity contribution in [3.05, 3.63) is 0 Å². The standard InChI is InChI=1S/C12H23NO3/c1-8-4-5-10(6-9(8)2)16-7-12(3,13)11(14)15/h8-10H,4-7,13H2,1-3H3,(H,14,15). The normalized spacial score (nSPS) is 34.4. The van der Waals surface area contributed by atoms with Gasteiger partial charge in [0.2, 0.25) is 0 Å². The van der Waals surface area contributed by atoms with Crippen molar-refractivity contribution < 1.29 is 14.6 Å². The van der Waals surface area contributed by atoms with Crippen molar-refractivity contribution in [2.75, 3.05) is 6.61 Å². The van der Waals surface area contributed by atoms with E-state index in [-0.39, 0.29) is 12.7 Å². The van der Waals surface area contributed by atoms with Gasteiger partial charge in [0.15, 0.2) is 0 Å². The summed E-state index contributed by atoms with van der Waals surface area (Å²) in [6.07, 6.45) is 3.35. The highest BCUT2D eigenvalue weighted by molar-refractivity contribution is 5.77. The number of hydrogen-bond acceptors (Lipinski definition) is 3. The van der Waals surface area contributed by atoms with E-state index in [1.807, 2.05) is 0 Å². The van der Waals surface area contributed by atoms with Crippen LogP contribution in [0.3, 0.4) is 0 Å². The van der Waals surface area contributed by atoms with Crippen LogP contribution in [-0.2, 0) is 9.53 Å². The minimum Gasteiger partial charge on any atom is -0.480 e. The van der Waals surface area contributed by atoms with Crippen molar-refractivity contribution >= 4 is 5.97 Å². The van der Waals surface area contributed by atoms with Crippen LogP contribution in [0, 0.1) is 11.8 Å². The molecule has 3 N–H and O–H groups in total. The number of rotatable bonds is 4. The molecule has 1 aliphatic carbocycles. The fourth-order valence-corrected chi connectivity index (χ4v) is 2.00. The largest absolute Gasteiger partial charge is 0.480 e. The van der Waals surface area contributed by atoms with E-state index < -0.39 is 11.5 Å². The van der Waals surface area contributed by atoms with Crippen LogP contribution in [0.15, 0.2) is 0 Å². The van der Waals surface area contributed by atoms with E-state index >= 15 is 0 Å². The number of aliphatic carboxylic acids is 1. The number of carboxylic acid groups (broad SMARTS) is 1. The summed E-state index contributed by atoms with van der Waals surface area (Å²) in [6, 6.07) is 0. The van der Waals surface area contributed by atoms with E-state index in [0.29, 0.717) is 5.92 Å². The Bertz CT molecular complexity index is 253. The maximum absolute atomic E-state index is 10.8. The lowest BCUT2D eigenvalue weighted by Gasteiger charge is -2.33. The van der Waals surface area contributed by atoms with Gasteiger partial charge >= 0.3 is 5.97 Å². The molecule has 0 spiro atoms. The lowest BCUT2D eigenvalue weighted by Crippen LogP contribution is -2.50. The van der Waals surface area contributed by atoms with E-state index in [2.05, 4.69) is 13.8 Å². The Kier molecular flexibility index (Phi) is 4.33. The second-order valence-electron chi connectivity index (χ2n) is 5.42. The second-order valence-corrected chi connectivity index (χ2v) is 5.42. The fraction of sp³-hybridized carbons (Fsp3) is 0.917. The van der Waals surface area contributed by atoms with E-state index in [4.69, 9.17) is 15.6 Å². The Labute approximate surface area is 97.2 Å². The predicted octanol–water partition coefficient (Wildman–Crippen LogP) is 1.63. The Balaban J connectivity index is 2.36. The third-order valence-electron chi connectivity index (χ3n) is 3.66. The second kappa shape index (κ2) is 5.15. The van der Waals surface area contributed by atoms with Gasteiger partial charge in [-0.1, -0.05) is 13.8 Å². The van der Waals surface area contributed by atoms with E-state index in [1.54, 1.807) is 0 Å². The highest BCUT2D eigenvalue weighted by atomic mass is 16.5. The topological polar surface area (TPSA) is 72.5 Å². The van der Waals surface area contributed by atoms with Gasteiger partial charge in [0.05, 0.1) is 12.7 Å². The zero-order valence-corrected chi connectivity index (χ0v) is 10.4. The summed E-state index contributed by atoms with van der Waals surface area (Å²) in [7, 11) is 0. The van der Waals surface area contributed by atoms with Crippen LogP contribution in [-0.4, -0.2) is 29.3 Å². The predicted molar refractivity (Wildman–Crippen MR) is 62.1 cm³/mol. The van der Waals surface area contributed by atoms with Crippen LogP contribution >= 0.6 is 0 Å². The minimum atomic E-state index is -1.27. The zero-order valence-electron chi connectivity index (χ0n) is 10.4. The van der Waals surface area contributed by atoms with Gasteiger partial charge in [-0.05, 0) is 38.0 Å². The number of nitrogens with two attached hydrogens (primary N) is 1. The van der Waals surface area contributed by atoms with Gasteiger partial charge in [-0.15, -0.1) is 0 Å². The van der Waals surface area contributed by atoms with Crippen LogP contribution in [0.1, 0.15) is 40.0 Å². The molecule has 4 nitrogen and oxygen atoms in total. The molecule has 0 radical (unpaired) electrons. The van der Waals surface area contributed by atoms with Gasteiger partial charge in [0.25, 0.3) is 0 Å². The Morgan fingerprint density at radius 1 is 1.44 bits per heavy atom. The van der Waals surface area contributed by atoms with Gasteiger partial charge in [-0.3, -0.25) is 4.79 Å². The number of carboxylic acids is 1. The summed E-state index contributed by atoms with van der Waals surface area (Å²) in [5, 5.41) is 8.86. The van der Waals surface area contributed by atoms with Gasteiger partial charge in [-0.25, -0.2) is 0 Å². The maximum atomic E-state index is 10.8. The maximum Gasteiger partial charge on any atom is 0.325 e. The van der Waals surface area contributed by atoms with E-state index in [0.717, 1.165) is 25.2 Å². The summed E-state index contributed by atoms with van der Waals surface area (Å²) < 4.78 is 5.62. The van der Waals surface area contributed by atoms with Crippen molar-refractivity contribution in [3.63, 3.8) is 0 Å². The molecule has 16 heavy (non-hydrogen) atoms. The number of hydrogen-bond donors (Lipinski definition) is 2. The summed E-state index contributed by atoms with van der Waals surface area (Å²) in [6.45, 7) is 6.06. The lowest BCUT2D eigenvalue weighted by atomic mass is 9.80. The molecular weight excluding hydrogens is 206 g/mol. The van der Waals surface area contributed by atoms with Crippen molar-refractivity contribution in [1.82, 2.24) is 0 Å². The van der Waals surface area contributed by atoms with Gasteiger partial charge < -0.3 is 15.6 Å². The first-order valence-electron chi connectivity index (χ1n) is 5.97. The van der Waals surface area contributed by atoms with Crippen LogP contribution in [0.25, 0.3) is 0 Å². The summed E-state index contributed by atoms with van der Waals surface area (Å²) >= 11 is 0. The van der Waals surface area contributed by atoms with Crippen LogP contribution in [0.4, 0.5) is 0 Å². The van der Waals surface area contributed by atoms with Crippen molar-refractivity contribution in [2.45, 2.75) is 51.7 Å². The zero-order chi connectivity index (χ0) is 12.3. The highest BCUT2D eigenvalue weighted by Crippen LogP contribution is 2.31. The molecule has 4 atom stereocenters. The SMILES string of the molecule is CC1CCC(OCC(C)(N)C(=O)O)CC1C. The van der Waals surface area contributed by atoms with Crippen LogP contribution < -0.4 is 5.73 Å². The third-order valence-corrected chi connectivity index (χ3v) is 3.66. The highest BCUT2D eigenvalue weighted by Gasteiger charge is 2.31. The smallest absolute Gasteiger partial charge is 0.325 e. The molecule has 4 unspecified atom stereocenters. The average Bonchev–Trinajstić information content (AvgIpc) is 2.20.